The molecule has 2 aromatic carbocycles. The predicted molar refractivity (Wildman–Crippen MR) is 99.1 cm³/mol. The van der Waals surface area contributed by atoms with Crippen molar-refractivity contribution in [2.45, 2.75) is 39.5 Å². The summed E-state index contributed by atoms with van der Waals surface area (Å²) in [6, 6.07) is 16.8. The molecule has 0 saturated carbocycles. The molecule has 3 aromatic rings. The molecule has 0 unspecified atom stereocenters. The van der Waals surface area contributed by atoms with E-state index in [0.29, 0.717) is 30.3 Å². The smallest absolute Gasteiger partial charge is 0.338 e. The molecular weight excluding hydrogens is 344 g/mol. The molecule has 0 spiro atoms. The molecule has 1 heterocycles. The van der Waals surface area contributed by atoms with Crippen molar-refractivity contribution in [2.75, 3.05) is 0 Å². The van der Waals surface area contributed by atoms with Crippen molar-refractivity contribution in [1.29, 1.82) is 0 Å². The van der Waals surface area contributed by atoms with Crippen LogP contribution in [-0.2, 0) is 24.5 Å². The molecule has 1 aromatic heterocycles. The van der Waals surface area contributed by atoms with E-state index in [2.05, 4.69) is 22.4 Å². The van der Waals surface area contributed by atoms with Gasteiger partial charge in [-0.05, 0) is 46.7 Å². The minimum absolute atomic E-state index is 0.0435. The second-order valence-corrected chi connectivity index (χ2v) is 6.05. The van der Waals surface area contributed by atoms with Gasteiger partial charge in [0.05, 0.1) is 5.56 Å². The predicted octanol–water partition coefficient (Wildman–Crippen LogP) is 3.41. The van der Waals surface area contributed by atoms with Crippen LogP contribution in [0.15, 0.2) is 54.6 Å². The van der Waals surface area contributed by atoms with Crippen LogP contribution in [0.1, 0.15) is 41.5 Å². The number of aromatic nitrogens is 4. The molecule has 0 fully saturated rings. The fourth-order valence-corrected chi connectivity index (χ4v) is 2.45. The summed E-state index contributed by atoms with van der Waals surface area (Å²) in [5.41, 5.74) is 1.54. The van der Waals surface area contributed by atoms with Crippen molar-refractivity contribution in [3.05, 3.63) is 71.5 Å². The van der Waals surface area contributed by atoms with Crippen LogP contribution in [0, 0.1) is 0 Å². The van der Waals surface area contributed by atoms with Crippen LogP contribution in [0.2, 0.25) is 0 Å². The summed E-state index contributed by atoms with van der Waals surface area (Å²) >= 11 is 0. The number of nitrogens with zero attached hydrogens (tertiary/aromatic N) is 4. The Hall–Kier alpha value is -3.22. The first-order chi connectivity index (χ1) is 13.3. The summed E-state index contributed by atoms with van der Waals surface area (Å²) in [5, 5.41) is 11.5. The number of aryl methyl sites for hydroxylation is 1. The molecule has 0 aliphatic rings. The molecule has 0 amide bonds. The maximum atomic E-state index is 12.2. The zero-order chi connectivity index (χ0) is 18.9. The standard InChI is InChI=1S/C20H22N4O3/c1-2-3-13-24-19(21-22-23-24)15-27-20(25)17-9-11-18(12-10-17)26-14-16-7-5-4-6-8-16/h4-12H,2-3,13-15H2,1H3. The van der Waals surface area contributed by atoms with Gasteiger partial charge in [-0.15, -0.1) is 5.10 Å². The zero-order valence-corrected chi connectivity index (χ0v) is 15.2. The molecule has 0 atom stereocenters. The quantitative estimate of drug-likeness (QED) is 0.540. The molecule has 0 aliphatic heterocycles. The summed E-state index contributed by atoms with van der Waals surface area (Å²) in [4.78, 5) is 12.2. The van der Waals surface area contributed by atoms with E-state index < -0.39 is 5.97 Å². The van der Waals surface area contributed by atoms with E-state index in [4.69, 9.17) is 9.47 Å². The maximum absolute atomic E-state index is 12.2. The van der Waals surface area contributed by atoms with Crippen molar-refractivity contribution >= 4 is 5.97 Å². The Kier molecular flexibility index (Phi) is 6.51. The SMILES string of the molecule is CCCCn1nnnc1COC(=O)c1ccc(OCc2ccccc2)cc1. The van der Waals surface area contributed by atoms with E-state index in [-0.39, 0.29) is 6.61 Å². The number of ether oxygens (including phenoxy) is 2. The average Bonchev–Trinajstić information content (AvgIpc) is 3.17. The van der Waals surface area contributed by atoms with Crippen LogP contribution < -0.4 is 4.74 Å². The van der Waals surface area contributed by atoms with Crippen LogP contribution in [-0.4, -0.2) is 26.2 Å². The number of esters is 1. The lowest BCUT2D eigenvalue weighted by molar-refractivity contribution is 0.0456. The first kappa shape index (κ1) is 18.6. The normalized spacial score (nSPS) is 10.6. The molecule has 0 saturated heterocycles. The van der Waals surface area contributed by atoms with Gasteiger partial charge in [-0.3, -0.25) is 0 Å². The van der Waals surface area contributed by atoms with Gasteiger partial charge < -0.3 is 9.47 Å². The summed E-state index contributed by atoms with van der Waals surface area (Å²) in [6.07, 6.45) is 2.01. The number of tetrazole rings is 1. The lowest BCUT2D eigenvalue weighted by atomic mass is 10.2. The van der Waals surface area contributed by atoms with E-state index in [1.807, 2.05) is 30.3 Å². The average molecular weight is 366 g/mol. The van der Waals surface area contributed by atoms with Gasteiger partial charge in [-0.2, -0.15) is 0 Å². The molecule has 0 N–H and O–H groups in total. The third-order valence-electron chi connectivity index (χ3n) is 4.00. The summed E-state index contributed by atoms with van der Waals surface area (Å²) in [7, 11) is 0. The van der Waals surface area contributed by atoms with E-state index in [0.717, 1.165) is 18.4 Å². The van der Waals surface area contributed by atoms with E-state index in [9.17, 15) is 4.79 Å². The minimum Gasteiger partial charge on any atom is -0.489 e. The Morgan fingerprint density at radius 2 is 1.81 bits per heavy atom. The Morgan fingerprint density at radius 3 is 2.56 bits per heavy atom. The van der Waals surface area contributed by atoms with Gasteiger partial charge in [0, 0.05) is 6.54 Å². The highest BCUT2D eigenvalue weighted by atomic mass is 16.5. The lowest BCUT2D eigenvalue weighted by Gasteiger charge is -2.08. The fraction of sp³-hybridized carbons (Fsp3) is 0.300. The molecular formula is C20H22N4O3. The van der Waals surface area contributed by atoms with Crippen molar-refractivity contribution < 1.29 is 14.3 Å². The second kappa shape index (κ2) is 9.47. The Morgan fingerprint density at radius 1 is 1.04 bits per heavy atom. The van der Waals surface area contributed by atoms with Crippen LogP contribution in [0.25, 0.3) is 0 Å². The van der Waals surface area contributed by atoms with Crippen LogP contribution in [0.3, 0.4) is 0 Å². The molecule has 0 radical (unpaired) electrons. The van der Waals surface area contributed by atoms with Gasteiger partial charge >= 0.3 is 5.97 Å². The highest BCUT2D eigenvalue weighted by Crippen LogP contribution is 2.15. The van der Waals surface area contributed by atoms with Crippen molar-refractivity contribution in [3.63, 3.8) is 0 Å². The third kappa shape index (κ3) is 5.37. The van der Waals surface area contributed by atoms with Crippen molar-refractivity contribution in [3.8, 4) is 5.75 Å². The minimum atomic E-state index is -0.422. The van der Waals surface area contributed by atoms with Crippen LogP contribution in [0.5, 0.6) is 5.75 Å². The second-order valence-electron chi connectivity index (χ2n) is 6.05. The number of hydrogen-bond acceptors (Lipinski definition) is 6. The van der Waals surface area contributed by atoms with Gasteiger partial charge in [-0.1, -0.05) is 43.7 Å². The Balaban J connectivity index is 1.51. The third-order valence-corrected chi connectivity index (χ3v) is 4.00. The van der Waals surface area contributed by atoms with Gasteiger partial charge in [0.15, 0.2) is 12.4 Å². The summed E-state index contributed by atoms with van der Waals surface area (Å²) in [5.74, 6) is 0.813. The highest BCUT2D eigenvalue weighted by Gasteiger charge is 2.11. The Bertz CT molecular complexity index is 847. The summed E-state index contributed by atoms with van der Waals surface area (Å²) in [6.45, 7) is 3.33. The molecule has 0 bridgehead atoms. The molecule has 7 heteroatoms. The first-order valence-electron chi connectivity index (χ1n) is 8.95. The molecule has 0 aliphatic carbocycles. The zero-order valence-electron chi connectivity index (χ0n) is 15.2. The Labute approximate surface area is 157 Å². The topological polar surface area (TPSA) is 79.1 Å². The number of carbonyl (C=O) groups excluding carboxylic acids is 1. The van der Waals surface area contributed by atoms with Crippen molar-refractivity contribution in [2.24, 2.45) is 0 Å². The van der Waals surface area contributed by atoms with Crippen molar-refractivity contribution in [1.82, 2.24) is 20.2 Å². The number of rotatable bonds is 9. The molecule has 27 heavy (non-hydrogen) atoms. The lowest BCUT2D eigenvalue weighted by Crippen LogP contribution is -2.11. The molecule has 140 valence electrons. The van der Waals surface area contributed by atoms with Gasteiger partial charge in [0.25, 0.3) is 0 Å². The number of hydrogen-bond donors (Lipinski definition) is 0. The molecule has 7 nitrogen and oxygen atoms in total. The van der Waals surface area contributed by atoms with E-state index >= 15 is 0 Å². The summed E-state index contributed by atoms with van der Waals surface area (Å²) < 4.78 is 12.7. The number of benzene rings is 2. The molecule has 3 rings (SSSR count). The first-order valence-corrected chi connectivity index (χ1v) is 8.95. The van der Waals surface area contributed by atoms with Gasteiger partial charge in [0.2, 0.25) is 0 Å². The number of carbonyl (C=O) groups is 1. The fourth-order valence-electron chi connectivity index (χ4n) is 2.45. The van der Waals surface area contributed by atoms with Crippen LogP contribution >= 0.6 is 0 Å². The van der Waals surface area contributed by atoms with Gasteiger partial charge in [-0.25, -0.2) is 9.48 Å². The largest absolute Gasteiger partial charge is 0.489 e. The monoisotopic (exact) mass is 366 g/mol. The van der Waals surface area contributed by atoms with Gasteiger partial charge in [0.1, 0.15) is 12.4 Å². The van der Waals surface area contributed by atoms with E-state index in [1.165, 1.54) is 0 Å². The highest BCUT2D eigenvalue weighted by molar-refractivity contribution is 5.89. The maximum Gasteiger partial charge on any atom is 0.338 e. The van der Waals surface area contributed by atoms with E-state index in [1.54, 1.807) is 28.9 Å². The number of unbranched alkanes of at least 4 members (excludes halogenated alkanes) is 1. The van der Waals surface area contributed by atoms with Crippen LogP contribution in [0.4, 0.5) is 0 Å².